The summed E-state index contributed by atoms with van der Waals surface area (Å²) < 4.78 is 0. The minimum absolute atomic E-state index is 0.423. The van der Waals surface area contributed by atoms with Crippen LogP contribution < -0.4 is 0 Å². The van der Waals surface area contributed by atoms with Gasteiger partial charge >= 0.3 is 0 Å². The molecule has 0 radical (unpaired) electrons. The van der Waals surface area contributed by atoms with Crippen LogP contribution in [0.2, 0.25) is 10.2 Å². The van der Waals surface area contributed by atoms with Crippen molar-refractivity contribution in [1.82, 2.24) is 9.88 Å². The number of pyridine rings is 1. The average Bonchev–Trinajstić information content (AvgIpc) is 2.51. The fraction of sp³-hybridized carbons (Fsp3) is 0.583. The highest BCUT2D eigenvalue weighted by molar-refractivity contribution is 6.34. The molecule has 0 amide bonds. The van der Waals surface area contributed by atoms with Gasteiger partial charge in [0.15, 0.2) is 0 Å². The van der Waals surface area contributed by atoms with Crippen LogP contribution in [0.15, 0.2) is 12.3 Å². The Kier molecular flexibility index (Phi) is 3.43. The summed E-state index contributed by atoms with van der Waals surface area (Å²) in [6.07, 6.45) is 3.02. The van der Waals surface area contributed by atoms with Gasteiger partial charge in [-0.05, 0) is 24.4 Å². The van der Waals surface area contributed by atoms with Crippen LogP contribution in [0.1, 0.15) is 25.8 Å². The summed E-state index contributed by atoms with van der Waals surface area (Å²) in [5.41, 5.74) is 1.48. The monoisotopic (exact) mass is 258 g/mol. The van der Waals surface area contributed by atoms with E-state index >= 15 is 0 Å². The van der Waals surface area contributed by atoms with Crippen LogP contribution in [0.4, 0.5) is 0 Å². The van der Waals surface area contributed by atoms with Gasteiger partial charge in [-0.15, -0.1) is 0 Å². The Morgan fingerprint density at radius 1 is 1.44 bits per heavy atom. The van der Waals surface area contributed by atoms with Gasteiger partial charge in [0.2, 0.25) is 0 Å². The molecule has 88 valence electrons. The van der Waals surface area contributed by atoms with Crippen molar-refractivity contribution in [2.45, 2.75) is 26.8 Å². The van der Waals surface area contributed by atoms with Gasteiger partial charge in [0, 0.05) is 29.9 Å². The lowest BCUT2D eigenvalue weighted by atomic mass is 9.93. The van der Waals surface area contributed by atoms with E-state index in [2.05, 4.69) is 23.7 Å². The van der Waals surface area contributed by atoms with Crippen LogP contribution in [0.3, 0.4) is 0 Å². The molecule has 2 rings (SSSR count). The molecule has 1 aromatic heterocycles. The van der Waals surface area contributed by atoms with Gasteiger partial charge in [-0.2, -0.15) is 0 Å². The lowest BCUT2D eigenvalue weighted by molar-refractivity contribution is 0.284. The fourth-order valence-corrected chi connectivity index (χ4v) is 2.58. The van der Waals surface area contributed by atoms with Crippen LogP contribution >= 0.6 is 23.2 Å². The third-order valence-electron chi connectivity index (χ3n) is 3.05. The zero-order valence-electron chi connectivity index (χ0n) is 9.63. The second-order valence-corrected chi connectivity index (χ2v) is 6.02. The first kappa shape index (κ1) is 12.2. The maximum atomic E-state index is 6.13. The van der Waals surface area contributed by atoms with Gasteiger partial charge in [-0.25, -0.2) is 4.98 Å². The quantitative estimate of drug-likeness (QED) is 0.754. The Balaban J connectivity index is 2.05. The highest BCUT2D eigenvalue weighted by Crippen LogP contribution is 2.30. The summed E-state index contributed by atoms with van der Waals surface area (Å²) in [4.78, 5) is 6.49. The summed E-state index contributed by atoms with van der Waals surface area (Å²) in [6, 6.07) is 1.71. The Bertz CT molecular complexity index is 391. The molecule has 0 saturated carbocycles. The smallest absolute Gasteiger partial charge is 0.130 e. The van der Waals surface area contributed by atoms with Crippen LogP contribution in [0.5, 0.6) is 0 Å². The topological polar surface area (TPSA) is 16.1 Å². The molecule has 0 aliphatic carbocycles. The first-order valence-electron chi connectivity index (χ1n) is 5.49. The summed E-state index contributed by atoms with van der Waals surface area (Å²) in [6.45, 7) is 7.72. The number of hydrogen-bond acceptors (Lipinski definition) is 2. The lowest BCUT2D eigenvalue weighted by Gasteiger charge is -2.19. The zero-order valence-corrected chi connectivity index (χ0v) is 11.1. The molecule has 1 aliphatic rings. The zero-order chi connectivity index (χ0) is 11.8. The van der Waals surface area contributed by atoms with Crippen molar-refractivity contribution < 1.29 is 0 Å². The van der Waals surface area contributed by atoms with E-state index in [9.17, 15) is 0 Å². The minimum Gasteiger partial charge on any atom is -0.298 e. The van der Waals surface area contributed by atoms with E-state index in [0.29, 0.717) is 15.6 Å². The minimum atomic E-state index is 0.423. The average molecular weight is 259 g/mol. The van der Waals surface area contributed by atoms with Crippen molar-refractivity contribution in [3.05, 3.63) is 28.0 Å². The van der Waals surface area contributed by atoms with Crippen molar-refractivity contribution in [3.63, 3.8) is 0 Å². The van der Waals surface area contributed by atoms with Crippen LogP contribution in [0, 0.1) is 5.41 Å². The predicted molar refractivity (Wildman–Crippen MR) is 67.9 cm³/mol. The van der Waals surface area contributed by atoms with Crippen molar-refractivity contribution in [2.24, 2.45) is 5.41 Å². The summed E-state index contributed by atoms with van der Waals surface area (Å²) in [5.74, 6) is 0. The number of hydrogen-bond donors (Lipinski definition) is 0. The molecule has 1 aromatic rings. The molecule has 1 fully saturated rings. The fourth-order valence-electron chi connectivity index (χ4n) is 2.15. The Labute approximate surface area is 107 Å². The SMILES string of the molecule is CC1(C)CCN(Cc2cnc(Cl)cc2Cl)C1. The van der Waals surface area contributed by atoms with Gasteiger partial charge in [0.05, 0.1) is 0 Å². The second kappa shape index (κ2) is 4.52. The highest BCUT2D eigenvalue weighted by Gasteiger charge is 2.29. The number of likely N-dealkylation sites (tertiary alicyclic amines) is 1. The van der Waals surface area contributed by atoms with E-state index in [-0.39, 0.29) is 0 Å². The molecule has 0 unspecified atom stereocenters. The Morgan fingerprint density at radius 3 is 2.75 bits per heavy atom. The molecule has 0 atom stereocenters. The molecule has 16 heavy (non-hydrogen) atoms. The van der Waals surface area contributed by atoms with Crippen LogP contribution in [0.25, 0.3) is 0 Å². The van der Waals surface area contributed by atoms with E-state index in [4.69, 9.17) is 23.2 Å². The van der Waals surface area contributed by atoms with Crippen molar-refractivity contribution >= 4 is 23.2 Å². The number of halogens is 2. The number of rotatable bonds is 2. The maximum Gasteiger partial charge on any atom is 0.130 e. The normalized spacial score (nSPS) is 20.2. The van der Waals surface area contributed by atoms with Gasteiger partial charge in [-0.3, -0.25) is 4.90 Å². The molecular weight excluding hydrogens is 243 g/mol. The number of nitrogens with zero attached hydrogens (tertiary/aromatic N) is 2. The van der Waals surface area contributed by atoms with Gasteiger partial charge in [0.1, 0.15) is 5.15 Å². The third-order valence-corrected chi connectivity index (χ3v) is 3.61. The third kappa shape index (κ3) is 2.88. The van der Waals surface area contributed by atoms with Gasteiger partial charge in [-0.1, -0.05) is 37.0 Å². The first-order valence-corrected chi connectivity index (χ1v) is 6.24. The van der Waals surface area contributed by atoms with E-state index in [1.54, 1.807) is 12.3 Å². The van der Waals surface area contributed by atoms with E-state index in [0.717, 1.165) is 25.2 Å². The first-order chi connectivity index (χ1) is 7.46. The maximum absolute atomic E-state index is 6.13. The molecule has 4 heteroatoms. The molecule has 0 spiro atoms. The van der Waals surface area contributed by atoms with E-state index in [1.165, 1.54) is 6.42 Å². The Morgan fingerprint density at radius 2 is 2.19 bits per heavy atom. The standard InChI is InChI=1S/C12H16Cl2N2/c1-12(2)3-4-16(8-12)7-9-6-15-11(14)5-10(9)13/h5-6H,3-4,7-8H2,1-2H3. The van der Waals surface area contributed by atoms with Crippen molar-refractivity contribution in [1.29, 1.82) is 0 Å². The van der Waals surface area contributed by atoms with Crippen molar-refractivity contribution in [3.8, 4) is 0 Å². The summed E-state index contributed by atoms with van der Waals surface area (Å²) in [7, 11) is 0. The molecular formula is C12H16Cl2N2. The Hall–Kier alpha value is -0.310. The molecule has 1 saturated heterocycles. The van der Waals surface area contributed by atoms with Gasteiger partial charge < -0.3 is 0 Å². The van der Waals surface area contributed by atoms with E-state index in [1.807, 2.05) is 0 Å². The molecule has 2 heterocycles. The van der Waals surface area contributed by atoms with Crippen LogP contribution in [-0.2, 0) is 6.54 Å². The largest absolute Gasteiger partial charge is 0.298 e. The highest BCUT2D eigenvalue weighted by atomic mass is 35.5. The molecule has 2 nitrogen and oxygen atoms in total. The summed E-state index contributed by atoms with van der Waals surface area (Å²) in [5, 5.41) is 1.17. The van der Waals surface area contributed by atoms with E-state index < -0.39 is 0 Å². The number of aromatic nitrogens is 1. The molecule has 0 aromatic carbocycles. The van der Waals surface area contributed by atoms with Crippen molar-refractivity contribution in [2.75, 3.05) is 13.1 Å². The van der Waals surface area contributed by atoms with Crippen LogP contribution in [-0.4, -0.2) is 23.0 Å². The second-order valence-electron chi connectivity index (χ2n) is 5.22. The predicted octanol–water partition coefficient (Wildman–Crippen LogP) is 3.62. The molecule has 0 N–H and O–H groups in total. The van der Waals surface area contributed by atoms with Gasteiger partial charge in [0.25, 0.3) is 0 Å². The molecule has 0 bridgehead atoms. The molecule has 1 aliphatic heterocycles. The summed E-state index contributed by atoms with van der Waals surface area (Å²) >= 11 is 11.9. The lowest BCUT2D eigenvalue weighted by Crippen LogP contribution is -2.23.